The van der Waals surface area contributed by atoms with Crippen LogP contribution in [0.15, 0.2) is 25.0 Å². The number of carboxylic acid groups (broad SMARTS) is 2. The van der Waals surface area contributed by atoms with Gasteiger partial charge in [0.05, 0.1) is 25.2 Å². The Morgan fingerprint density at radius 3 is 2.00 bits per heavy atom. The number of rotatable bonds is 14. The van der Waals surface area contributed by atoms with Crippen LogP contribution in [0.2, 0.25) is 0 Å². The number of nitrogens with zero attached hydrogens (tertiary/aromatic N) is 2. The van der Waals surface area contributed by atoms with Crippen molar-refractivity contribution in [1.29, 1.82) is 0 Å². The van der Waals surface area contributed by atoms with Crippen LogP contribution < -0.4 is 21.7 Å². The molecule has 184 valence electrons. The van der Waals surface area contributed by atoms with E-state index in [1.807, 2.05) is 0 Å². The summed E-state index contributed by atoms with van der Waals surface area (Å²) >= 11 is 0. The molecule has 0 aliphatic rings. The number of nitrogens with one attached hydrogen (secondary N) is 5. The average Bonchev–Trinajstić information content (AvgIpc) is 3.49. The van der Waals surface area contributed by atoms with E-state index < -0.39 is 54.3 Å². The summed E-state index contributed by atoms with van der Waals surface area (Å²) in [7, 11) is 0. The quantitative estimate of drug-likeness (QED) is 0.139. The third-order valence-electron chi connectivity index (χ3n) is 4.65. The number of H-pyrrole nitrogens is 2. The second-order valence-electron chi connectivity index (χ2n) is 7.34. The van der Waals surface area contributed by atoms with E-state index in [2.05, 4.69) is 35.9 Å². The number of aromatic nitrogens is 4. The Morgan fingerprint density at radius 2 is 1.50 bits per heavy atom. The van der Waals surface area contributed by atoms with E-state index in [1.54, 1.807) is 0 Å². The Bertz CT molecular complexity index is 977. The van der Waals surface area contributed by atoms with E-state index >= 15 is 0 Å². The molecule has 0 saturated carbocycles. The lowest BCUT2D eigenvalue weighted by molar-refractivity contribution is -0.141. The maximum atomic E-state index is 12.7. The number of hydrogen-bond acceptors (Lipinski definition) is 8. The average molecular weight is 478 g/mol. The molecule has 0 saturated heterocycles. The summed E-state index contributed by atoms with van der Waals surface area (Å²) in [5.74, 6) is -4.62. The van der Waals surface area contributed by atoms with Gasteiger partial charge < -0.3 is 41.9 Å². The van der Waals surface area contributed by atoms with Crippen molar-refractivity contribution in [1.82, 2.24) is 35.9 Å². The molecule has 3 atom stereocenters. The zero-order chi connectivity index (χ0) is 25.1. The molecule has 3 unspecified atom stereocenters. The van der Waals surface area contributed by atoms with Gasteiger partial charge >= 0.3 is 11.9 Å². The van der Waals surface area contributed by atoms with E-state index in [1.165, 1.54) is 25.0 Å². The number of amides is 3. The maximum Gasteiger partial charge on any atom is 0.326 e. The van der Waals surface area contributed by atoms with Crippen LogP contribution in [0.3, 0.4) is 0 Å². The van der Waals surface area contributed by atoms with Crippen molar-refractivity contribution in [3.63, 3.8) is 0 Å². The second kappa shape index (κ2) is 12.7. The first-order valence-corrected chi connectivity index (χ1v) is 10.2. The van der Waals surface area contributed by atoms with Crippen molar-refractivity contribution in [2.75, 3.05) is 6.54 Å². The van der Waals surface area contributed by atoms with Crippen molar-refractivity contribution in [2.45, 2.75) is 43.8 Å². The van der Waals surface area contributed by atoms with E-state index in [9.17, 15) is 29.1 Å². The molecule has 2 aromatic heterocycles. The Balaban J connectivity index is 1.94. The fraction of sp³-hybridized carbons (Fsp3) is 0.421. The van der Waals surface area contributed by atoms with Crippen LogP contribution in [0.4, 0.5) is 0 Å². The standard InChI is InChI=1S/C19H26N8O7/c20-12(1-2-16(29)30)17(31)27-13(3-10-5-21-8-24-10)18(32)23-7-15(28)26-14(19(33)34)4-11-6-22-9-25-11/h5-6,8-9,12-14H,1-4,7,20H2,(H,21,24)(H,22,25)(H,23,32)(H,26,28)(H,27,31)(H,29,30)(H,33,34). The molecule has 0 radical (unpaired) electrons. The number of carboxylic acids is 2. The summed E-state index contributed by atoms with van der Waals surface area (Å²) in [6.07, 6.45) is 5.11. The molecule has 0 aliphatic heterocycles. The van der Waals surface area contributed by atoms with Crippen LogP contribution in [0.5, 0.6) is 0 Å². The fourth-order valence-electron chi connectivity index (χ4n) is 2.87. The van der Waals surface area contributed by atoms with Gasteiger partial charge in [0.1, 0.15) is 12.1 Å². The molecule has 15 heteroatoms. The van der Waals surface area contributed by atoms with E-state index in [-0.39, 0.29) is 25.7 Å². The van der Waals surface area contributed by atoms with Gasteiger partial charge in [-0.25, -0.2) is 14.8 Å². The van der Waals surface area contributed by atoms with Gasteiger partial charge in [-0.3, -0.25) is 19.2 Å². The van der Waals surface area contributed by atoms with Gasteiger partial charge in [-0.2, -0.15) is 0 Å². The van der Waals surface area contributed by atoms with E-state index in [0.29, 0.717) is 11.4 Å². The molecule has 0 aliphatic carbocycles. The number of nitrogens with two attached hydrogens (primary N) is 1. The highest BCUT2D eigenvalue weighted by Gasteiger charge is 2.26. The third kappa shape index (κ3) is 8.70. The molecular formula is C19H26N8O7. The predicted molar refractivity (Wildman–Crippen MR) is 114 cm³/mol. The SMILES string of the molecule is NC(CCC(=O)O)C(=O)NC(Cc1cnc[nH]1)C(=O)NCC(=O)NC(Cc1cnc[nH]1)C(=O)O. The minimum atomic E-state index is -1.27. The topological polar surface area (TPSA) is 245 Å². The Morgan fingerprint density at radius 1 is 0.912 bits per heavy atom. The molecular weight excluding hydrogens is 452 g/mol. The summed E-state index contributed by atoms with van der Waals surface area (Å²) in [6.45, 7) is -0.550. The molecule has 34 heavy (non-hydrogen) atoms. The monoisotopic (exact) mass is 478 g/mol. The lowest BCUT2D eigenvalue weighted by Crippen LogP contribution is -2.54. The first kappa shape index (κ1) is 26.0. The Hall–Kier alpha value is -4.27. The highest BCUT2D eigenvalue weighted by Crippen LogP contribution is 2.02. The summed E-state index contributed by atoms with van der Waals surface area (Å²) in [4.78, 5) is 72.5. The van der Waals surface area contributed by atoms with E-state index in [4.69, 9.17) is 10.8 Å². The highest BCUT2D eigenvalue weighted by atomic mass is 16.4. The van der Waals surface area contributed by atoms with Crippen LogP contribution in [-0.4, -0.2) is 84.5 Å². The van der Waals surface area contributed by atoms with Gasteiger partial charge in [0.15, 0.2) is 0 Å². The molecule has 0 fully saturated rings. The minimum absolute atomic E-state index is 0.0115. The molecule has 9 N–H and O–H groups in total. The van der Waals surface area contributed by atoms with Crippen LogP contribution in [0.1, 0.15) is 24.2 Å². The first-order chi connectivity index (χ1) is 16.2. The van der Waals surface area contributed by atoms with Gasteiger partial charge in [0.25, 0.3) is 0 Å². The molecule has 0 bridgehead atoms. The molecule has 2 heterocycles. The lowest BCUT2D eigenvalue weighted by Gasteiger charge is -2.20. The summed E-state index contributed by atoms with van der Waals surface area (Å²) in [5.41, 5.74) is 6.70. The smallest absolute Gasteiger partial charge is 0.326 e. The normalized spacial score (nSPS) is 13.3. The molecule has 0 aromatic carbocycles. The van der Waals surface area contributed by atoms with Gasteiger partial charge in [0.2, 0.25) is 17.7 Å². The third-order valence-corrected chi connectivity index (χ3v) is 4.65. The largest absolute Gasteiger partial charge is 0.481 e. The van der Waals surface area contributed by atoms with Gasteiger partial charge in [-0.1, -0.05) is 0 Å². The Labute approximate surface area is 192 Å². The van der Waals surface area contributed by atoms with E-state index in [0.717, 1.165) is 0 Å². The zero-order valence-corrected chi connectivity index (χ0v) is 18.0. The van der Waals surface area contributed by atoms with Crippen molar-refractivity contribution in [3.8, 4) is 0 Å². The lowest BCUT2D eigenvalue weighted by atomic mass is 10.1. The zero-order valence-electron chi connectivity index (χ0n) is 18.0. The first-order valence-electron chi connectivity index (χ1n) is 10.2. The minimum Gasteiger partial charge on any atom is -0.481 e. The number of carbonyl (C=O) groups is 5. The van der Waals surface area contributed by atoms with Crippen molar-refractivity contribution in [3.05, 3.63) is 36.4 Å². The number of imidazole rings is 2. The fourth-order valence-corrected chi connectivity index (χ4v) is 2.87. The second-order valence-corrected chi connectivity index (χ2v) is 7.34. The van der Waals surface area contributed by atoms with Crippen LogP contribution in [0.25, 0.3) is 0 Å². The number of aromatic amines is 2. The van der Waals surface area contributed by atoms with Crippen LogP contribution in [0, 0.1) is 0 Å². The van der Waals surface area contributed by atoms with Crippen LogP contribution >= 0.6 is 0 Å². The predicted octanol–water partition coefficient (Wildman–Crippen LogP) is -2.72. The van der Waals surface area contributed by atoms with Crippen molar-refractivity contribution >= 4 is 29.7 Å². The van der Waals surface area contributed by atoms with Gasteiger partial charge in [0, 0.05) is 43.0 Å². The molecule has 15 nitrogen and oxygen atoms in total. The number of carbonyl (C=O) groups excluding carboxylic acids is 3. The summed E-state index contributed by atoms with van der Waals surface area (Å²) < 4.78 is 0. The molecule has 2 aromatic rings. The summed E-state index contributed by atoms with van der Waals surface area (Å²) in [6, 6.07) is -3.57. The van der Waals surface area contributed by atoms with Gasteiger partial charge in [-0.15, -0.1) is 0 Å². The highest BCUT2D eigenvalue weighted by molar-refractivity contribution is 5.92. The molecule has 0 spiro atoms. The maximum absolute atomic E-state index is 12.7. The molecule has 3 amide bonds. The number of hydrogen-bond donors (Lipinski definition) is 8. The van der Waals surface area contributed by atoms with Gasteiger partial charge in [-0.05, 0) is 6.42 Å². The van der Waals surface area contributed by atoms with Crippen molar-refractivity contribution in [2.24, 2.45) is 5.73 Å². The molecule has 2 rings (SSSR count). The summed E-state index contributed by atoms with van der Waals surface area (Å²) in [5, 5.41) is 25.1. The van der Waals surface area contributed by atoms with Crippen molar-refractivity contribution < 1.29 is 34.2 Å². The van der Waals surface area contributed by atoms with Crippen LogP contribution in [-0.2, 0) is 36.8 Å². The Kier molecular flexibility index (Phi) is 9.70. The number of aliphatic carboxylic acids is 2.